The molecular formula is C36H40N2O5. The summed E-state index contributed by atoms with van der Waals surface area (Å²) in [7, 11) is 4.92. The van der Waals surface area contributed by atoms with Gasteiger partial charge >= 0.3 is 5.97 Å². The number of hydrogen-bond donors (Lipinski definition) is 2. The van der Waals surface area contributed by atoms with Gasteiger partial charge in [-0.1, -0.05) is 72.8 Å². The van der Waals surface area contributed by atoms with E-state index in [9.17, 15) is 9.59 Å². The molecule has 0 bridgehead atoms. The van der Waals surface area contributed by atoms with Gasteiger partial charge in [0.15, 0.2) is 0 Å². The van der Waals surface area contributed by atoms with E-state index in [-0.39, 0.29) is 17.8 Å². The van der Waals surface area contributed by atoms with Crippen LogP contribution in [0.4, 0.5) is 0 Å². The number of rotatable bonds is 15. The number of likely N-dealkylation sites (N-methyl/N-ethyl adjacent to an activating group) is 2. The minimum atomic E-state index is -0.532. The summed E-state index contributed by atoms with van der Waals surface area (Å²) in [4.78, 5) is 24.8. The predicted molar refractivity (Wildman–Crippen MR) is 169 cm³/mol. The van der Waals surface area contributed by atoms with Crippen molar-refractivity contribution in [1.29, 1.82) is 0 Å². The van der Waals surface area contributed by atoms with E-state index >= 15 is 0 Å². The lowest BCUT2D eigenvalue weighted by atomic mass is 9.95. The third-order valence-corrected chi connectivity index (χ3v) is 7.45. The third kappa shape index (κ3) is 8.77. The molecule has 0 fully saturated rings. The molecule has 7 nitrogen and oxygen atoms in total. The normalized spacial score (nSPS) is 12.3. The SMILES string of the molecule is CN[C@@H](Cc1cc(-c2ccc(OCc3ccccc3)c(C[C@H](NC)C(=O)OC)c2)ccc1OCc1ccccc1)C(C)=O. The van der Waals surface area contributed by atoms with Gasteiger partial charge < -0.3 is 24.8 Å². The molecule has 0 radical (unpaired) electrons. The Balaban J connectivity index is 1.68. The van der Waals surface area contributed by atoms with Gasteiger partial charge in [-0.05, 0) is 85.1 Å². The zero-order chi connectivity index (χ0) is 30.6. The molecule has 2 N–H and O–H groups in total. The van der Waals surface area contributed by atoms with Gasteiger partial charge in [-0.2, -0.15) is 0 Å². The van der Waals surface area contributed by atoms with Gasteiger partial charge in [-0.25, -0.2) is 0 Å². The van der Waals surface area contributed by atoms with E-state index < -0.39 is 6.04 Å². The van der Waals surface area contributed by atoms with E-state index in [2.05, 4.69) is 22.8 Å². The van der Waals surface area contributed by atoms with Crippen LogP contribution in [0.15, 0.2) is 97.1 Å². The molecule has 0 saturated carbocycles. The van der Waals surface area contributed by atoms with Crippen molar-refractivity contribution >= 4 is 11.8 Å². The number of carbonyl (C=O) groups excluding carboxylic acids is 2. The summed E-state index contributed by atoms with van der Waals surface area (Å²) < 4.78 is 17.5. The van der Waals surface area contributed by atoms with Gasteiger partial charge in [-0.15, -0.1) is 0 Å². The van der Waals surface area contributed by atoms with Crippen molar-refractivity contribution in [2.24, 2.45) is 0 Å². The number of carbonyl (C=O) groups is 2. The Bertz CT molecular complexity index is 1490. The largest absolute Gasteiger partial charge is 0.489 e. The third-order valence-electron chi connectivity index (χ3n) is 7.45. The van der Waals surface area contributed by atoms with Crippen LogP contribution in [0.2, 0.25) is 0 Å². The van der Waals surface area contributed by atoms with E-state index in [0.717, 1.165) is 39.1 Å². The molecule has 0 saturated heterocycles. The quantitative estimate of drug-likeness (QED) is 0.179. The summed E-state index contributed by atoms with van der Waals surface area (Å²) in [6.07, 6.45) is 0.873. The van der Waals surface area contributed by atoms with Crippen molar-refractivity contribution < 1.29 is 23.8 Å². The number of nitrogens with one attached hydrogen (secondary N) is 2. The summed E-state index contributed by atoms with van der Waals surface area (Å²) in [6.45, 7) is 2.42. The Hall–Kier alpha value is -4.46. The first-order chi connectivity index (χ1) is 20.9. The van der Waals surface area contributed by atoms with E-state index in [1.54, 1.807) is 21.0 Å². The zero-order valence-electron chi connectivity index (χ0n) is 25.3. The maximum absolute atomic E-state index is 12.5. The fourth-order valence-corrected chi connectivity index (χ4v) is 4.92. The number of benzene rings is 4. The van der Waals surface area contributed by atoms with Crippen molar-refractivity contribution in [3.63, 3.8) is 0 Å². The average molecular weight is 581 g/mol. The first-order valence-electron chi connectivity index (χ1n) is 14.4. The molecule has 7 heteroatoms. The Morgan fingerprint density at radius 3 is 1.49 bits per heavy atom. The highest BCUT2D eigenvalue weighted by Gasteiger charge is 2.21. The molecule has 43 heavy (non-hydrogen) atoms. The fourth-order valence-electron chi connectivity index (χ4n) is 4.92. The lowest BCUT2D eigenvalue weighted by Gasteiger charge is -2.19. The smallest absolute Gasteiger partial charge is 0.323 e. The molecule has 4 aromatic carbocycles. The molecule has 0 amide bonds. The highest BCUT2D eigenvalue weighted by Crippen LogP contribution is 2.32. The fraction of sp³-hybridized carbons (Fsp3) is 0.278. The molecule has 4 rings (SSSR count). The van der Waals surface area contributed by atoms with Gasteiger partial charge in [0, 0.05) is 6.42 Å². The van der Waals surface area contributed by atoms with Crippen LogP contribution in [0.25, 0.3) is 11.1 Å². The summed E-state index contributed by atoms with van der Waals surface area (Å²) in [5.74, 6) is 1.15. The Labute approximate surface area is 254 Å². The van der Waals surface area contributed by atoms with Crippen molar-refractivity contribution in [1.82, 2.24) is 10.6 Å². The number of esters is 1. The van der Waals surface area contributed by atoms with Gasteiger partial charge in [-0.3, -0.25) is 9.59 Å². The summed E-state index contributed by atoms with van der Waals surface area (Å²) in [5.41, 5.74) is 5.85. The lowest BCUT2D eigenvalue weighted by Crippen LogP contribution is -2.37. The highest BCUT2D eigenvalue weighted by molar-refractivity contribution is 5.82. The van der Waals surface area contributed by atoms with Gasteiger partial charge in [0.2, 0.25) is 0 Å². The number of Topliss-reactive ketones (excluding diaryl/α,β-unsaturated/α-hetero) is 1. The minimum Gasteiger partial charge on any atom is -0.489 e. The first kappa shape index (κ1) is 31.5. The van der Waals surface area contributed by atoms with Crippen LogP contribution in [-0.2, 0) is 40.4 Å². The monoisotopic (exact) mass is 580 g/mol. The van der Waals surface area contributed by atoms with Crippen LogP contribution in [0.1, 0.15) is 29.2 Å². The van der Waals surface area contributed by atoms with Crippen LogP contribution < -0.4 is 20.1 Å². The summed E-state index contributed by atoms with van der Waals surface area (Å²) >= 11 is 0. The van der Waals surface area contributed by atoms with E-state index in [1.165, 1.54) is 7.11 Å². The Morgan fingerprint density at radius 2 is 1.09 bits per heavy atom. The second-order valence-electron chi connectivity index (χ2n) is 10.4. The molecule has 0 aromatic heterocycles. The van der Waals surface area contributed by atoms with Crippen LogP contribution in [0, 0.1) is 0 Å². The molecule has 0 aliphatic heterocycles. The number of hydrogen-bond acceptors (Lipinski definition) is 7. The van der Waals surface area contributed by atoms with Crippen LogP contribution in [0.3, 0.4) is 0 Å². The molecule has 4 aromatic rings. The zero-order valence-corrected chi connectivity index (χ0v) is 25.3. The van der Waals surface area contributed by atoms with Crippen LogP contribution in [-0.4, -0.2) is 45.0 Å². The molecule has 0 heterocycles. The predicted octanol–water partition coefficient (Wildman–Crippen LogP) is 5.53. The second kappa shape index (κ2) is 15.7. The van der Waals surface area contributed by atoms with Crippen molar-refractivity contribution in [3.8, 4) is 22.6 Å². The molecule has 2 atom stereocenters. The Morgan fingerprint density at radius 1 is 0.651 bits per heavy atom. The first-order valence-corrected chi connectivity index (χ1v) is 14.4. The van der Waals surface area contributed by atoms with Crippen molar-refractivity contribution in [2.45, 2.75) is 45.1 Å². The Kier molecular flexibility index (Phi) is 11.5. The molecule has 0 aliphatic carbocycles. The maximum Gasteiger partial charge on any atom is 0.323 e. The van der Waals surface area contributed by atoms with E-state index in [1.807, 2.05) is 84.9 Å². The van der Waals surface area contributed by atoms with Crippen LogP contribution >= 0.6 is 0 Å². The molecule has 224 valence electrons. The van der Waals surface area contributed by atoms with E-state index in [4.69, 9.17) is 14.2 Å². The summed E-state index contributed by atoms with van der Waals surface area (Å²) in [5, 5.41) is 6.18. The number of methoxy groups -OCH3 is 1. The molecular weight excluding hydrogens is 540 g/mol. The molecule has 0 spiro atoms. The van der Waals surface area contributed by atoms with Crippen LogP contribution in [0.5, 0.6) is 11.5 Å². The van der Waals surface area contributed by atoms with Crippen molar-refractivity contribution in [3.05, 3.63) is 119 Å². The van der Waals surface area contributed by atoms with Gasteiger partial charge in [0.05, 0.1) is 13.2 Å². The van der Waals surface area contributed by atoms with Gasteiger partial charge in [0.25, 0.3) is 0 Å². The van der Waals surface area contributed by atoms with E-state index in [0.29, 0.717) is 31.8 Å². The standard InChI is InChI=1S/C36H40N2O5/c1-25(39)32(37-2)21-30-19-28(15-17-34(30)42-23-26-11-7-5-8-12-26)29-16-18-35(43-24-27-13-9-6-10-14-27)31(20-29)22-33(38-3)36(40)41-4/h5-20,32-33,37-38H,21-24H2,1-4H3/t32-,33-/m0/s1. The molecule has 0 unspecified atom stereocenters. The van der Waals surface area contributed by atoms with Gasteiger partial charge in [0.1, 0.15) is 36.5 Å². The highest BCUT2D eigenvalue weighted by atomic mass is 16.5. The number of ketones is 1. The maximum atomic E-state index is 12.5. The lowest BCUT2D eigenvalue weighted by molar-refractivity contribution is -0.142. The average Bonchev–Trinajstić information content (AvgIpc) is 3.05. The summed E-state index contributed by atoms with van der Waals surface area (Å²) in [6, 6.07) is 31.2. The molecule has 0 aliphatic rings. The second-order valence-corrected chi connectivity index (χ2v) is 10.4. The minimum absolute atomic E-state index is 0.0602. The number of ether oxygens (including phenoxy) is 3. The topological polar surface area (TPSA) is 85.9 Å². The van der Waals surface area contributed by atoms with Crippen molar-refractivity contribution in [2.75, 3.05) is 21.2 Å².